The van der Waals surface area contributed by atoms with E-state index in [1.165, 1.54) is 0 Å². The van der Waals surface area contributed by atoms with E-state index in [1.807, 2.05) is 25.1 Å². The lowest BCUT2D eigenvalue weighted by atomic mass is 10.2. The van der Waals surface area contributed by atoms with Gasteiger partial charge in [-0.05, 0) is 31.2 Å². The summed E-state index contributed by atoms with van der Waals surface area (Å²) in [5.74, 6) is 0. The SMILES string of the molecule is C/C(=N\Nc1ccc(Cl)c(Cl)c1)c1cccnc1. The van der Waals surface area contributed by atoms with Crippen molar-refractivity contribution in [2.45, 2.75) is 6.92 Å². The highest BCUT2D eigenvalue weighted by Crippen LogP contribution is 2.24. The monoisotopic (exact) mass is 279 g/mol. The Hall–Kier alpha value is -1.58. The molecule has 0 unspecified atom stereocenters. The van der Waals surface area contributed by atoms with Crippen molar-refractivity contribution in [2.75, 3.05) is 5.43 Å². The summed E-state index contributed by atoms with van der Waals surface area (Å²) in [4.78, 5) is 4.04. The number of hydrazone groups is 1. The number of hydrogen-bond donors (Lipinski definition) is 1. The highest BCUT2D eigenvalue weighted by Gasteiger charge is 1.99. The lowest BCUT2D eigenvalue weighted by Crippen LogP contribution is -1.99. The number of anilines is 1. The van der Waals surface area contributed by atoms with Crippen molar-refractivity contribution < 1.29 is 0 Å². The van der Waals surface area contributed by atoms with Gasteiger partial charge in [0.1, 0.15) is 0 Å². The normalized spacial score (nSPS) is 11.4. The second-order valence-electron chi connectivity index (χ2n) is 3.68. The summed E-state index contributed by atoms with van der Waals surface area (Å²) < 4.78 is 0. The van der Waals surface area contributed by atoms with Gasteiger partial charge in [-0.3, -0.25) is 10.4 Å². The number of hydrogen-bond acceptors (Lipinski definition) is 3. The van der Waals surface area contributed by atoms with E-state index in [-0.39, 0.29) is 0 Å². The van der Waals surface area contributed by atoms with Gasteiger partial charge in [0.15, 0.2) is 0 Å². The highest BCUT2D eigenvalue weighted by molar-refractivity contribution is 6.42. The van der Waals surface area contributed by atoms with Gasteiger partial charge in [0.2, 0.25) is 0 Å². The summed E-state index contributed by atoms with van der Waals surface area (Å²) in [6.07, 6.45) is 3.48. The lowest BCUT2D eigenvalue weighted by Gasteiger charge is -2.04. The first-order valence-electron chi connectivity index (χ1n) is 5.32. The third kappa shape index (κ3) is 3.22. The Labute approximate surface area is 115 Å². The molecule has 0 amide bonds. The van der Waals surface area contributed by atoms with Crippen LogP contribution in [0.2, 0.25) is 10.0 Å². The lowest BCUT2D eigenvalue weighted by molar-refractivity contribution is 1.28. The fraction of sp³-hybridized carbons (Fsp3) is 0.0769. The highest BCUT2D eigenvalue weighted by atomic mass is 35.5. The quantitative estimate of drug-likeness (QED) is 0.675. The molecule has 0 saturated heterocycles. The van der Waals surface area contributed by atoms with Crippen LogP contribution in [0.15, 0.2) is 47.8 Å². The second kappa shape index (κ2) is 5.85. The zero-order chi connectivity index (χ0) is 13.0. The van der Waals surface area contributed by atoms with E-state index >= 15 is 0 Å². The Morgan fingerprint density at radius 1 is 1.22 bits per heavy atom. The molecule has 0 fully saturated rings. The minimum absolute atomic E-state index is 0.496. The maximum Gasteiger partial charge on any atom is 0.0663 e. The molecule has 1 aromatic heterocycles. The molecular weight excluding hydrogens is 269 g/mol. The molecule has 1 heterocycles. The van der Waals surface area contributed by atoms with Gasteiger partial charge in [-0.15, -0.1) is 0 Å². The van der Waals surface area contributed by atoms with E-state index in [0.29, 0.717) is 10.0 Å². The van der Waals surface area contributed by atoms with E-state index in [1.54, 1.807) is 24.5 Å². The Morgan fingerprint density at radius 2 is 2.06 bits per heavy atom. The Morgan fingerprint density at radius 3 is 2.72 bits per heavy atom. The molecule has 1 N–H and O–H groups in total. The largest absolute Gasteiger partial charge is 0.278 e. The van der Waals surface area contributed by atoms with E-state index < -0.39 is 0 Å². The van der Waals surface area contributed by atoms with Crippen molar-refractivity contribution in [3.63, 3.8) is 0 Å². The van der Waals surface area contributed by atoms with Crippen molar-refractivity contribution in [3.05, 3.63) is 58.3 Å². The molecule has 2 rings (SSSR count). The molecule has 92 valence electrons. The minimum atomic E-state index is 0.496. The summed E-state index contributed by atoms with van der Waals surface area (Å²) in [7, 11) is 0. The van der Waals surface area contributed by atoms with Gasteiger partial charge >= 0.3 is 0 Å². The van der Waals surface area contributed by atoms with Crippen molar-refractivity contribution in [1.82, 2.24) is 4.98 Å². The van der Waals surface area contributed by atoms with Crippen LogP contribution in [-0.2, 0) is 0 Å². The second-order valence-corrected chi connectivity index (χ2v) is 4.49. The van der Waals surface area contributed by atoms with E-state index in [9.17, 15) is 0 Å². The molecule has 18 heavy (non-hydrogen) atoms. The molecule has 0 saturated carbocycles. The molecule has 0 spiro atoms. The van der Waals surface area contributed by atoms with Gasteiger partial charge in [0.05, 0.1) is 21.4 Å². The zero-order valence-corrected chi connectivity index (χ0v) is 11.2. The Bertz CT molecular complexity index is 568. The molecule has 0 atom stereocenters. The molecule has 0 bridgehead atoms. The Kier molecular flexibility index (Phi) is 4.18. The average Bonchev–Trinajstić information content (AvgIpc) is 2.41. The number of aromatic nitrogens is 1. The van der Waals surface area contributed by atoms with Crippen LogP contribution in [0.4, 0.5) is 5.69 Å². The van der Waals surface area contributed by atoms with E-state index in [0.717, 1.165) is 17.0 Å². The van der Waals surface area contributed by atoms with Crippen LogP contribution >= 0.6 is 23.2 Å². The predicted octanol–water partition coefficient (Wildman–Crippen LogP) is 4.22. The van der Waals surface area contributed by atoms with Gasteiger partial charge in [-0.1, -0.05) is 29.3 Å². The van der Waals surface area contributed by atoms with Gasteiger partial charge < -0.3 is 0 Å². The number of halogens is 2. The first kappa shape index (κ1) is 12.9. The predicted molar refractivity (Wildman–Crippen MR) is 76.5 cm³/mol. The summed E-state index contributed by atoms with van der Waals surface area (Å²) in [6.45, 7) is 1.90. The van der Waals surface area contributed by atoms with Crippen LogP contribution in [0.1, 0.15) is 12.5 Å². The molecule has 0 aliphatic rings. The van der Waals surface area contributed by atoms with Gasteiger partial charge in [0.25, 0.3) is 0 Å². The zero-order valence-electron chi connectivity index (χ0n) is 9.69. The van der Waals surface area contributed by atoms with Crippen molar-refractivity contribution in [3.8, 4) is 0 Å². The minimum Gasteiger partial charge on any atom is -0.278 e. The van der Waals surface area contributed by atoms with Crippen LogP contribution in [-0.4, -0.2) is 10.7 Å². The number of pyridine rings is 1. The van der Waals surface area contributed by atoms with E-state index in [2.05, 4.69) is 15.5 Å². The molecular formula is C13H11Cl2N3. The van der Waals surface area contributed by atoms with Crippen LogP contribution in [0, 0.1) is 0 Å². The third-order valence-electron chi connectivity index (χ3n) is 2.35. The van der Waals surface area contributed by atoms with Crippen LogP contribution < -0.4 is 5.43 Å². The van der Waals surface area contributed by atoms with Crippen LogP contribution in [0.5, 0.6) is 0 Å². The molecule has 1 aromatic carbocycles. The van der Waals surface area contributed by atoms with Gasteiger partial charge in [0, 0.05) is 18.0 Å². The standard InChI is InChI=1S/C13H11Cl2N3/c1-9(10-3-2-6-16-8-10)17-18-11-4-5-12(14)13(15)7-11/h2-8,18H,1H3/b17-9+. The topological polar surface area (TPSA) is 37.3 Å². The number of nitrogens with zero attached hydrogens (tertiary/aromatic N) is 2. The van der Waals surface area contributed by atoms with Crippen molar-refractivity contribution >= 4 is 34.6 Å². The summed E-state index contributed by atoms with van der Waals surface area (Å²) in [5, 5.41) is 5.28. The maximum atomic E-state index is 5.92. The van der Waals surface area contributed by atoms with Gasteiger partial charge in [-0.2, -0.15) is 5.10 Å². The molecule has 3 nitrogen and oxygen atoms in total. The third-order valence-corrected chi connectivity index (χ3v) is 3.09. The number of rotatable bonds is 3. The Balaban J connectivity index is 2.13. The maximum absolute atomic E-state index is 5.92. The molecule has 5 heteroatoms. The van der Waals surface area contributed by atoms with Crippen LogP contribution in [0.3, 0.4) is 0 Å². The number of nitrogens with one attached hydrogen (secondary N) is 1. The van der Waals surface area contributed by atoms with E-state index in [4.69, 9.17) is 23.2 Å². The average molecular weight is 280 g/mol. The summed E-state index contributed by atoms with van der Waals surface area (Å²) in [6, 6.07) is 9.08. The van der Waals surface area contributed by atoms with Crippen molar-refractivity contribution in [1.29, 1.82) is 0 Å². The fourth-order valence-electron chi connectivity index (χ4n) is 1.36. The smallest absolute Gasteiger partial charge is 0.0663 e. The molecule has 0 radical (unpaired) electrons. The van der Waals surface area contributed by atoms with Gasteiger partial charge in [-0.25, -0.2) is 0 Å². The molecule has 2 aromatic rings. The summed E-state index contributed by atoms with van der Waals surface area (Å²) >= 11 is 11.8. The molecule has 0 aliphatic carbocycles. The fourth-order valence-corrected chi connectivity index (χ4v) is 1.65. The van der Waals surface area contributed by atoms with Crippen LogP contribution in [0.25, 0.3) is 0 Å². The first-order valence-corrected chi connectivity index (χ1v) is 6.08. The summed E-state index contributed by atoms with van der Waals surface area (Å²) in [5.41, 5.74) is 5.52. The number of benzene rings is 1. The van der Waals surface area contributed by atoms with Crippen molar-refractivity contribution in [2.24, 2.45) is 5.10 Å². The molecule has 0 aliphatic heterocycles. The first-order chi connectivity index (χ1) is 8.66.